The van der Waals surface area contributed by atoms with Gasteiger partial charge in [-0.15, -0.1) is 0 Å². The quantitative estimate of drug-likeness (QED) is 0.768. The number of hydrogen-bond donors (Lipinski definition) is 1. The van der Waals surface area contributed by atoms with Crippen LogP contribution in [-0.2, 0) is 16.1 Å². The highest BCUT2D eigenvalue weighted by Crippen LogP contribution is 2.23. The number of rotatable bonds is 7. The van der Waals surface area contributed by atoms with E-state index in [2.05, 4.69) is 10.5 Å². The zero-order valence-corrected chi connectivity index (χ0v) is 14.9. The monoisotopic (exact) mass is 358 g/mol. The Balaban J connectivity index is 1.54. The zero-order chi connectivity index (χ0) is 18.5. The molecule has 2 heterocycles. The number of carbonyl (C=O) groups is 1. The first-order valence-corrected chi connectivity index (χ1v) is 8.77. The Kier molecular flexibility index (Phi) is 5.55. The molecule has 1 amide bonds. The van der Waals surface area contributed by atoms with E-state index < -0.39 is 5.63 Å². The van der Waals surface area contributed by atoms with Crippen molar-refractivity contribution in [1.29, 1.82) is 0 Å². The SMILES string of the molecule is CCC1=NOC(CNC(=O)COc2ccc3c(CC)cc(=O)oc3c2)C1. The van der Waals surface area contributed by atoms with Crippen LogP contribution in [0.5, 0.6) is 5.75 Å². The van der Waals surface area contributed by atoms with Gasteiger partial charge in [0.25, 0.3) is 5.91 Å². The first-order valence-electron chi connectivity index (χ1n) is 8.77. The molecule has 7 heteroatoms. The molecule has 138 valence electrons. The number of amides is 1. The van der Waals surface area contributed by atoms with Gasteiger partial charge in [0, 0.05) is 23.9 Å². The van der Waals surface area contributed by atoms with E-state index in [1.54, 1.807) is 12.1 Å². The Morgan fingerprint density at radius 3 is 2.88 bits per heavy atom. The third-order valence-corrected chi connectivity index (χ3v) is 4.28. The molecule has 0 fully saturated rings. The molecule has 0 aliphatic carbocycles. The molecule has 1 aliphatic heterocycles. The molecule has 0 radical (unpaired) electrons. The molecule has 0 saturated carbocycles. The number of nitrogens with one attached hydrogen (secondary N) is 1. The molecule has 1 unspecified atom stereocenters. The van der Waals surface area contributed by atoms with Crippen LogP contribution in [0.3, 0.4) is 0 Å². The lowest BCUT2D eigenvalue weighted by Gasteiger charge is -2.11. The van der Waals surface area contributed by atoms with Crippen LogP contribution in [-0.4, -0.2) is 30.9 Å². The Morgan fingerprint density at radius 2 is 2.15 bits per heavy atom. The lowest BCUT2D eigenvalue weighted by atomic mass is 10.1. The predicted octanol–water partition coefficient (Wildman–Crippen LogP) is 2.41. The predicted molar refractivity (Wildman–Crippen MR) is 97.6 cm³/mol. The van der Waals surface area contributed by atoms with Crippen LogP contribution in [0.1, 0.15) is 32.3 Å². The fraction of sp³-hybridized carbons (Fsp3) is 0.421. The van der Waals surface area contributed by atoms with Crippen molar-refractivity contribution in [3.05, 3.63) is 40.2 Å². The molecule has 1 aliphatic rings. The van der Waals surface area contributed by atoms with Gasteiger partial charge in [-0.2, -0.15) is 0 Å². The highest BCUT2D eigenvalue weighted by Gasteiger charge is 2.20. The first kappa shape index (κ1) is 18.0. The maximum atomic E-state index is 11.9. The van der Waals surface area contributed by atoms with E-state index in [9.17, 15) is 9.59 Å². The summed E-state index contributed by atoms with van der Waals surface area (Å²) in [6.45, 7) is 4.26. The molecule has 1 aromatic carbocycles. The van der Waals surface area contributed by atoms with E-state index in [1.807, 2.05) is 19.9 Å². The lowest BCUT2D eigenvalue weighted by molar-refractivity contribution is -0.123. The largest absolute Gasteiger partial charge is 0.484 e. The van der Waals surface area contributed by atoms with Gasteiger partial charge in [-0.1, -0.05) is 19.0 Å². The minimum Gasteiger partial charge on any atom is -0.484 e. The van der Waals surface area contributed by atoms with Crippen LogP contribution in [0.2, 0.25) is 0 Å². The molecular formula is C19H22N2O5. The van der Waals surface area contributed by atoms with Crippen LogP contribution < -0.4 is 15.7 Å². The standard InChI is InChI=1S/C19H22N2O5/c1-3-12-7-19(23)25-17-9-14(5-6-16(12)17)24-11-18(22)20-10-15-8-13(4-2)21-26-15/h5-7,9,15H,3-4,8,10-11H2,1-2H3,(H,20,22). The summed E-state index contributed by atoms with van der Waals surface area (Å²) >= 11 is 0. The van der Waals surface area contributed by atoms with E-state index in [0.29, 0.717) is 17.9 Å². The Bertz CT molecular complexity index is 887. The topological polar surface area (TPSA) is 90.1 Å². The number of aryl methyl sites for hydroxylation is 1. The Morgan fingerprint density at radius 1 is 1.31 bits per heavy atom. The van der Waals surface area contributed by atoms with Crippen molar-refractivity contribution in [2.24, 2.45) is 5.16 Å². The molecule has 26 heavy (non-hydrogen) atoms. The summed E-state index contributed by atoms with van der Waals surface area (Å²) in [4.78, 5) is 28.8. The van der Waals surface area contributed by atoms with Gasteiger partial charge < -0.3 is 19.3 Å². The van der Waals surface area contributed by atoms with E-state index in [1.165, 1.54) is 6.07 Å². The smallest absolute Gasteiger partial charge is 0.336 e. The molecule has 0 saturated heterocycles. The highest BCUT2D eigenvalue weighted by atomic mass is 16.6. The molecule has 7 nitrogen and oxygen atoms in total. The Hall–Kier alpha value is -2.83. The second-order valence-electron chi connectivity index (χ2n) is 6.14. The highest BCUT2D eigenvalue weighted by molar-refractivity contribution is 5.85. The fourth-order valence-electron chi connectivity index (χ4n) is 2.82. The van der Waals surface area contributed by atoms with Crippen molar-refractivity contribution < 1.29 is 18.8 Å². The summed E-state index contributed by atoms with van der Waals surface area (Å²) in [5, 5.41) is 7.59. The summed E-state index contributed by atoms with van der Waals surface area (Å²) in [6.07, 6.45) is 2.21. The average molecular weight is 358 g/mol. The minimum absolute atomic E-state index is 0.115. The Labute approximate surface area is 151 Å². The van der Waals surface area contributed by atoms with E-state index in [4.69, 9.17) is 14.0 Å². The molecule has 0 bridgehead atoms. The van der Waals surface area contributed by atoms with Crippen LogP contribution in [0.4, 0.5) is 0 Å². The van der Waals surface area contributed by atoms with Gasteiger partial charge >= 0.3 is 5.63 Å². The third kappa shape index (κ3) is 4.22. The van der Waals surface area contributed by atoms with Gasteiger partial charge in [0.15, 0.2) is 6.61 Å². The maximum absolute atomic E-state index is 11.9. The number of fused-ring (bicyclic) bond motifs is 1. The van der Waals surface area contributed by atoms with E-state index in [-0.39, 0.29) is 18.6 Å². The number of carbonyl (C=O) groups excluding carboxylic acids is 1. The number of benzene rings is 1. The van der Waals surface area contributed by atoms with Gasteiger partial charge in [-0.3, -0.25) is 4.79 Å². The van der Waals surface area contributed by atoms with Crippen LogP contribution in [0, 0.1) is 0 Å². The molecule has 0 spiro atoms. The summed E-state index contributed by atoms with van der Waals surface area (Å²) in [7, 11) is 0. The van der Waals surface area contributed by atoms with E-state index >= 15 is 0 Å². The summed E-state index contributed by atoms with van der Waals surface area (Å²) in [6, 6.07) is 6.72. The van der Waals surface area contributed by atoms with Crippen molar-refractivity contribution in [2.45, 2.75) is 39.2 Å². The van der Waals surface area contributed by atoms with Crippen molar-refractivity contribution in [1.82, 2.24) is 5.32 Å². The molecule has 2 aromatic rings. The average Bonchev–Trinajstić information content (AvgIpc) is 3.11. The van der Waals surface area contributed by atoms with Crippen molar-refractivity contribution >= 4 is 22.6 Å². The normalized spacial score (nSPS) is 16.2. The van der Waals surface area contributed by atoms with Gasteiger partial charge in [0.2, 0.25) is 0 Å². The maximum Gasteiger partial charge on any atom is 0.336 e. The van der Waals surface area contributed by atoms with Gasteiger partial charge in [0.05, 0.1) is 12.3 Å². The second kappa shape index (κ2) is 8.03. The van der Waals surface area contributed by atoms with Crippen molar-refractivity contribution in [3.8, 4) is 5.75 Å². The summed E-state index contributed by atoms with van der Waals surface area (Å²) < 4.78 is 10.7. The molecule has 3 rings (SSSR count). The molecular weight excluding hydrogens is 336 g/mol. The van der Waals surface area contributed by atoms with Gasteiger partial charge in [-0.05, 0) is 30.5 Å². The second-order valence-corrected chi connectivity index (χ2v) is 6.14. The first-order chi connectivity index (χ1) is 12.6. The van der Waals surface area contributed by atoms with Crippen LogP contribution in [0.25, 0.3) is 11.0 Å². The van der Waals surface area contributed by atoms with Crippen LogP contribution in [0.15, 0.2) is 38.6 Å². The summed E-state index contributed by atoms with van der Waals surface area (Å²) in [5.41, 5.74) is 1.99. The van der Waals surface area contributed by atoms with Crippen molar-refractivity contribution in [2.75, 3.05) is 13.2 Å². The number of ether oxygens (including phenoxy) is 1. The molecule has 1 aromatic heterocycles. The summed E-state index contributed by atoms with van der Waals surface area (Å²) in [5.74, 6) is 0.222. The van der Waals surface area contributed by atoms with E-state index in [0.717, 1.165) is 35.9 Å². The van der Waals surface area contributed by atoms with Crippen molar-refractivity contribution in [3.63, 3.8) is 0 Å². The number of oxime groups is 1. The number of nitrogens with zero attached hydrogens (tertiary/aromatic N) is 1. The lowest BCUT2D eigenvalue weighted by Crippen LogP contribution is -2.35. The van der Waals surface area contributed by atoms with Gasteiger partial charge in [0.1, 0.15) is 17.4 Å². The third-order valence-electron chi connectivity index (χ3n) is 4.28. The van der Waals surface area contributed by atoms with Gasteiger partial charge in [-0.25, -0.2) is 4.79 Å². The molecule has 1 atom stereocenters. The number of hydrogen-bond acceptors (Lipinski definition) is 6. The van der Waals surface area contributed by atoms with Crippen LogP contribution >= 0.6 is 0 Å². The molecule has 1 N–H and O–H groups in total. The fourth-order valence-corrected chi connectivity index (χ4v) is 2.82. The zero-order valence-electron chi connectivity index (χ0n) is 14.9. The minimum atomic E-state index is -0.394.